The van der Waals surface area contributed by atoms with Gasteiger partial charge in [0.05, 0.1) is 45.1 Å². The lowest BCUT2D eigenvalue weighted by Gasteiger charge is -2.31. The molecule has 0 radical (unpaired) electrons. The highest BCUT2D eigenvalue weighted by molar-refractivity contribution is 6.18. The van der Waals surface area contributed by atoms with Crippen LogP contribution in [0.3, 0.4) is 0 Å². The Kier molecular flexibility index (Phi) is 24.3. The molecular formula is C34H52Cl3N4O4+. The zero-order valence-electron chi connectivity index (χ0n) is 27.0. The predicted molar refractivity (Wildman–Crippen MR) is 191 cm³/mol. The summed E-state index contributed by atoms with van der Waals surface area (Å²) in [5.74, 6) is 0.797. The van der Waals surface area contributed by atoms with Crippen molar-refractivity contribution in [3.05, 3.63) is 83.9 Å². The van der Waals surface area contributed by atoms with Gasteiger partial charge < -0.3 is 29.9 Å². The summed E-state index contributed by atoms with van der Waals surface area (Å²) in [5, 5.41) is 15.3. The van der Waals surface area contributed by atoms with Crippen LogP contribution in [-0.4, -0.2) is 118 Å². The molecule has 0 bridgehead atoms. The van der Waals surface area contributed by atoms with Gasteiger partial charge in [-0.2, -0.15) is 0 Å². The Hall–Kier alpha value is -2.43. The van der Waals surface area contributed by atoms with Crippen LogP contribution in [0, 0.1) is 0 Å². The third kappa shape index (κ3) is 25.5. The number of alkyl halides is 2. The fraction of sp³-hybridized carbons (Fsp3) is 0.471. The number of carbonyl (C=O) groups excluding carboxylic acids is 2. The largest absolute Gasteiger partial charge is 0.386 e. The SMILES string of the molecule is CN(C)CCCNC(=O)C=Cc1ccccc1.C[N+](C)(CCCNC(=O)C=Cc1ccccc1)CC(O)CCl.Cl.ClCC1CO1. The summed E-state index contributed by atoms with van der Waals surface area (Å²) in [7, 11) is 8.15. The van der Waals surface area contributed by atoms with Gasteiger partial charge in [-0.05, 0) is 50.3 Å². The zero-order valence-corrected chi connectivity index (χ0v) is 29.4. The molecule has 1 aliphatic heterocycles. The van der Waals surface area contributed by atoms with E-state index in [-0.39, 0.29) is 30.1 Å². The number of epoxide rings is 1. The molecule has 1 heterocycles. The van der Waals surface area contributed by atoms with Crippen LogP contribution in [-0.2, 0) is 14.3 Å². The maximum absolute atomic E-state index is 11.7. The zero-order chi connectivity index (χ0) is 32.6. The van der Waals surface area contributed by atoms with Crippen molar-refractivity contribution in [2.75, 3.05) is 79.3 Å². The monoisotopic (exact) mass is 685 g/mol. The Bertz CT molecular complexity index is 1100. The molecule has 0 aliphatic carbocycles. The van der Waals surface area contributed by atoms with Crippen molar-refractivity contribution >= 4 is 59.6 Å². The van der Waals surface area contributed by atoms with Crippen molar-refractivity contribution in [3.8, 4) is 0 Å². The lowest BCUT2D eigenvalue weighted by atomic mass is 10.2. The number of nitrogens with one attached hydrogen (secondary N) is 2. The van der Waals surface area contributed by atoms with Gasteiger partial charge in [0.1, 0.15) is 12.6 Å². The fourth-order valence-corrected chi connectivity index (χ4v) is 4.06. The van der Waals surface area contributed by atoms with Crippen LogP contribution in [0.25, 0.3) is 12.2 Å². The standard InChI is InChI=1S/C17H25ClN2O2.C14H20N2O.C3H5ClO.ClH/c1-20(2,14-16(21)13-18)12-6-11-19-17(22)10-9-15-7-4-3-5-8-15;1-16(2)12-6-11-15-14(17)10-9-13-7-4-3-5-8-13;4-1-3-2-5-3;/h3-5,7-10,16,21H,6,11-14H2,1-2H3;3-5,7-10H,6,11-12H2,1-2H3,(H,15,17);3H,1-2H2;1H/p+1. The van der Waals surface area contributed by atoms with Gasteiger partial charge in [-0.25, -0.2) is 0 Å². The summed E-state index contributed by atoms with van der Waals surface area (Å²) in [4.78, 5) is 25.3. The van der Waals surface area contributed by atoms with Gasteiger partial charge in [-0.15, -0.1) is 35.6 Å². The highest BCUT2D eigenvalue weighted by Crippen LogP contribution is 2.08. The van der Waals surface area contributed by atoms with E-state index < -0.39 is 6.10 Å². The molecule has 1 fully saturated rings. The molecule has 2 atom stereocenters. The molecule has 45 heavy (non-hydrogen) atoms. The summed E-state index contributed by atoms with van der Waals surface area (Å²) in [5.41, 5.74) is 2.04. The Morgan fingerprint density at radius 1 is 0.933 bits per heavy atom. The van der Waals surface area contributed by atoms with Crippen LogP contribution in [0.2, 0.25) is 0 Å². The normalized spacial score (nSPS) is 14.4. The average molecular weight is 687 g/mol. The number of halogens is 3. The number of benzene rings is 2. The van der Waals surface area contributed by atoms with E-state index in [9.17, 15) is 14.7 Å². The van der Waals surface area contributed by atoms with E-state index in [0.29, 0.717) is 29.6 Å². The van der Waals surface area contributed by atoms with E-state index in [1.165, 1.54) is 0 Å². The summed E-state index contributed by atoms with van der Waals surface area (Å²) >= 11 is 10.9. The van der Waals surface area contributed by atoms with E-state index in [0.717, 1.165) is 50.2 Å². The molecule has 2 aromatic carbocycles. The molecule has 1 saturated heterocycles. The number of nitrogens with zero attached hydrogens (tertiary/aromatic N) is 2. The molecule has 1 aliphatic rings. The highest BCUT2D eigenvalue weighted by atomic mass is 35.5. The maximum atomic E-state index is 11.7. The van der Waals surface area contributed by atoms with Gasteiger partial charge in [0, 0.05) is 31.7 Å². The summed E-state index contributed by atoms with van der Waals surface area (Å²) in [6.07, 6.45) is 8.48. The van der Waals surface area contributed by atoms with Crippen molar-refractivity contribution in [2.24, 2.45) is 0 Å². The van der Waals surface area contributed by atoms with Gasteiger partial charge >= 0.3 is 0 Å². The van der Waals surface area contributed by atoms with E-state index in [4.69, 9.17) is 27.9 Å². The minimum atomic E-state index is -0.486. The fourth-order valence-electron chi connectivity index (χ4n) is 3.78. The third-order valence-corrected chi connectivity index (χ3v) is 6.93. The van der Waals surface area contributed by atoms with Crippen molar-refractivity contribution in [2.45, 2.75) is 25.0 Å². The molecule has 2 unspecified atom stereocenters. The number of hydrogen-bond acceptors (Lipinski definition) is 5. The number of aliphatic hydroxyl groups is 1. The number of rotatable bonds is 16. The first-order valence-electron chi connectivity index (χ1n) is 14.9. The first kappa shape index (κ1) is 42.6. The van der Waals surface area contributed by atoms with Crippen molar-refractivity contribution in [1.82, 2.24) is 15.5 Å². The first-order valence-corrected chi connectivity index (χ1v) is 16.0. The van der Waals surface area contributed by atoms with Gasteiger partial charge in [0.25, 0.3) is 0 Å². The number of hydrogen-bond donors (Lipinski definition) is 3. The van der Waals surface area contributed by atoms with Crippen LogP contribution in [0.1, 0.15) is 24.0 Å². The average Bonchev–Trinajstić information content (AvgIpc) is 3.86. The predicted octanol–water partition coefficient (Wildman–Crippen LogP) is 4.70. The minimum absolute atomic E-state index is 0. The molecule has 2 aromatic rings. The second-order valence-electron chi connectivity index (χ2n) is 11.3. The quantitative estimate of drug-likeness (QED) is 0.0784. The van der Waals surface area contributed by atoms with Gasteiger partial charge in [0.15, 0.2) is 0 Å². The number of aliphatic hydroxyl groups excluding tert-OH is 1. The molecule has 0 spiro atoms. The third-order valence-electron chi connectivity index (χ3n) is 6.23. The Labute approximate surface area is 286 Å². The number of ether oxygens (including phenoxy) is 1. The number of likely N-dealkylation sites (N-methyl/N-ethyl adjacent to an activating group) is 1. The maximum Gasteiger partial charge on any atom is 0.244 e. The summed E-state index contributed by atoms with van der Waals surface area (Å²) in [6, 6.07) is 19.5. The minimum Gasteiger partial charge on any atom is -0.386 e. The molecule has 8 nitrogen and oxygen atoms in total. The van der Waals surface area contributed by atoms with Crippen LogP contribution >= 0.6 is 35.6 Å². The van der Waals surface area contributed by atoms with Crippen LogP contribution in [0.4, 0.5) is 0 Å². The molecule has 0 saturated carbocycles. The van der Waals surface area contributed by atoms with Crippen LogP contribution < -0.4 is 10.6 Å². The lowest BCUT2D eigenvalue weighted by molar-refractivity contribution is -0.893. The highest BCUT2D eigenvalue weighted by Gasteiger charge is 2.20. The second-order valence-corrected chi connectivity index (χ2v) is 12.0. The number of quaternary nitrogens is 1. The molecule has 2 amide bonds. The molecule has 252 valence electrons. The van der Waals surface area contributed by atoms with Crippen LogP contribution in [0.5, 0.6) is 0 Å². The Morgan fingerprint density at radius 3 is 1.78 bits per heavy atom. The van der Waals surface area contributed by atoms with Crippen molar-refractivity contribution in [3.63, 3.8) is 0 Å². The van der Waals surface area contributed by atoms with E-state index in [1.807, 2.05) is 94.9 Å². The van der Waals surface area contributed by atoms with Gasteiger partial charge in [-0.1, -0.05) is 60.7 Å². The Balaban J connectivity index is 0.000000743. The van der Waals surface area contributed by atoms with Gasteiger partial charge in [0.2, 0.25) is 11.8 Å². The Morgan fingerprint density at radius 2 is 1.40 bits per heavy atom. The smallest absolute Gasteiger partial charge is 0.244 e. The van der Waals surface area contributed by atoms with Crippen LogP contribution in [0.15, 0.2) is 72.8 Å². The van der Waals surface area contributed by atoms with Crippen molar-refractivity contribution in [1.29, 1.82) is 0 Å². The molecule has 11 heteroatoms. The molecule has 3 rings (SSSR count). The van der Waals surface area contributed by atoms with Gasteiger partial charge in [-0.3, -0.25) is 9.59 Å². The molecular weight excluding hydrogens is 635 g/mol. The first-order chi connectivity index (χ1) is 21.0. The summed E-state index contributed by atoms with van der Waals surface area (Å²) < 4.78 is 5.41. The topological polar surface area (TPSA) is 94.2 Å². The number of amides is 2. The second kappa shape index (κ2) is 25.7. The van der Waals surface area contributed by atoms with E-state index >= 15 is 0 Å². The van der Waals surface area contributed by atoms with Crippen molar-refractivity contribution < 1.29 is 23.9 Å². The van der Waals surface area contributed by atoms with E-state index in [1.54, 1.807) is 18.2 Å². The molecule has 3 N–H and O–H groups in total. The lowest BCUT2D eigenvalue weighted by Crippen LogP contribution is -2.47. The molecule has 0 aromatic heterocycles. The number of carbonyl (C=O) groups is 2. The van der Waals surface area contributed by atoms with E-state index in [2.05, 4.69) is 15.5 Å². The summed E-state index contributed by atoms with van der Waals surface area (Å²) in [6.45, 7) is 4.70.